The maximum atomic E-state index is 12.8. The van der Waals surface area contributed by atoms with E-state index in [0.29, 0.717) is 11.7 Å². The highest BCUT2D eigenvalue weighted by atomic mass is 19.3. The van der Waals surface area contributed by atoms with E-state index < -0.39 is 6.55 Å². The van der Waals surface area contributed by atoms with Gasteiger partial charge in [0.05, 0.1) is 6.20 Å². The van der Waals surface area contributed by atoms with E-state index in [9.17, 15) is 8.78 Å². The Morgan fingerprint density at radius 1 is 1.09 bits per heavy atom. The van der Waals surface area contributed by atoms with E-state index in [0.717, 1.165) is 28.9 Å². The Balaban J connectivity index is 1.82. The lowest BCUT2D eigenvalue weighted by Crippen LogP contribution is -2.23. The van der Waals surface area contributed by atoms with E-state index in [-0.39, 0.29) is 0 Å². The van der Waals surface area contributed by atoms with Crippen LogP contribution in [0.15, 0.2) is 30.5 Å². The minimum absolute atomic E-state index is 0.404. The Hall–Kier alpha value is -1.75. The smallest absolute Gasteiger partial charge is 0.297 e. The molecule has 0 bridgehead atoms. The molecule has 2 aromatic rings. The van der Waals surface area contributed by atoms with Crippen molar-refractivity contribution < 1.29 is 8.78 Å². The molecule has 0 saturated carbocycles. The van der Waals surface area contributed by atoms with Gasteiger partial charge in [-0.25, -0.2) is 4.68 Å². The summed E-state index contributed by atoms with van der Waals surface area (Å²) in [7, 11) is 0. The van der Waals surface area contributed by atoms with Crippen molar-refractivity contribution in [2.24, 2.45) is 0 Å². The van der Waals surface area contributed by atoms with Gasteiger partial charge in [0.1, 0.15) is 0 Å². The van der Waals surface area contributed by atoms with Crippen molar-refractivity contribution in [1.29, 1.82) is 0 Å². The van der Waals surface area contributed by atoms with Crippen LogP contribution in [-0.4, -0.2) is 27.8 Å². The molecule has 0 amide bonds. The van der Waals surface area contributed by atoms with Crippen molar-refractivity contribution in [3.05, 3.63) is 41.7 Å². The Morgan fingerprint density at radius 2 is 1.73 bits per heavy atom. The van der Waals surface area contributed by atoms with Crippen LogP contribution in [0.3, 0.4) is 0 Å². The lowest BCUT2D eigenvalue weighted by atomic mass is 10.0. The van der Waals surface area contributed by atoms with Crippen LogP contribution in [-0.2, 0) is 0 Å². The summed E-state index contributed by atoms with van der Waals surface area (Å²) in [5.41, 5.74) is 3.46. The zero-order valence-electron chi connectivity index (χ0n) is 13.0. The number of benzene rings is 1. The molecule has 1 fully saturated rings. The first-order chi connectivity index (χ1) is 10.6. The minimum Gasteiger partial charge on any atom is -0.297 e. The number of hydrogen-bond acceptors (Lipinski definition) is 2. The van der Waals surface area contributed by atoms with Crippen molar-refractivity contribution in [1.82, 2.24) is 14.7 Å². The van der Waals surface area contributed by atoms with E-state index in [1.807, 2.05) is 12.1 Å². The molecule has 1 aliphatic rings. The molecule has 5 heteroatoms. The molecule has 0 unspecified atom stereocenters. The summed E-state index contributed by atoms with van der Waals surface area (Å²) >= 11 is 0. The molecule has 0 aliphatic carbocycles. The molecule has 1 aliphatic heterocycles. The molecule has 22 heavy (non-hydrogen) atoms. The second-order valence-corrected chi connectivity index (χ2v) is 5.91. The van der Waals surface area contributed by atoms with Gasteiger partial charge in [-0.05, 0) is 50.9 Å². The molecule has 3 nitrogen and oxygen atoms in total. The standard InChI is InChI=1S/C17H21F2N3/c1-12(21-9-3-4-10-21)14-5-7-15(8-6-14)16-11-20-22(13(16)2)17(18)19/h5-8,11-12,17H,3-4,9-10H2,1-2H3/t12-/m0/s1. The van der Waals surface area contributed by atoms with Gasteiger partial charge in [0, 0.05) is 17.3 Å². The van der Waals surface area contributed by atoms with Crippen LogP contribution in [0.4, 0.5) is 8.78 Å². The van der Waals surface area contributed by atoms with Gasteiger partial charge in [0.25, 0.3) is 0 Å². The fourth-order valence-corrected chi connectivity index (χ4v) is 3.18. The molecule has 1 atom stereocenters. The Kier molecular flexibility index (Phi) is 4.25. The fraction of sp³-hybridized carbons (Fsp3) is 0.471. The van der Waals surface area contributed by atoms with Crippen LogP contribution < -0.4 is 0 Å². The molecule has 3 rings (SSSR count). The summed E-state index contributed by atoms with van der Waals surface area (Å²) in [6, 6.07) is 8.60. The highest BCUT2D eigenvalue weighted by molar-refractivity contribution is 5.65. The number of aromatic nitrogens is 2. The topological polar surface area (TPSA) is 21.1 Å². The van der Waals surface area contributed by atoms with Crippen molar-refractivity contribution >= 4 is 0 Å². The van der Waals surface area contributed by atoms with Gasteiger partial charge in [-0.2, -0.15) is 13.9 Å². The van der Waals surface area contributed by atoms with Gasteiger partial charge in [0.15, 0.2) is 0 Å². The van der Waals surface area contributed by atoms with Gasteiger partial charge < -0.3 is 0 Å². The van der Waals surface area contributed by atoms with Crippen LogP contribution in [0.1, 0.15) is 43.6 Å². The zero-order chi connectivity index (χ0) is 15.7. The van der Waals surface area contributed by atoms with E-state index in [4.69, 9.17) is 0 Å². The fourth-order valence-electron chi connectivity index (χ4n) is 3.18. The molecule has 0 spiro atoms. The third-order valence-corrected chi connectivity index (χ3v) is 4.62. The first kappa shape index (κ1) is 15.2. The Labute approximate surface area is 129 Å². The lowest BCUT2D eigenvalue weighted by molar-refractivity contribution is 0.0545. The molecule has 118 valence electrons. The SMILES string of the molecule is Cc1c(-c2ccc([C@H](C)N3CCCC3)cc2)cnn1C(F)F. The quantitative estimate of drug-likeness (QED) is 0.834. The van der Waals surface area contributed by atoms with Gasteiger partial charge in [-0.1, -0.05) is 24.3 Å². The third kappa shape index (κ3) is 2.77. The number of nitrogens with zero attached hydrogens (tertiary/aromatic N) is 3. The molecule has 1 saturated heterocycles. The molecular formula is C17H21F2N3. The molecule has 0 N–H and O–H groups in total. The minimum atomic E-state index is -2.59. The maximum absolute atomic E-state index is 12.8. The van der Waals surface area contributed by atoms with Gasteiger partial charge in [-0.15, -0.1) is 0 Å². The molecule has 1 aromatic heterocycles. The van der Waals surface area contributed by atoms with Gasteiger partial charge in [0.2, 0.25) is 0 Å². The molecule has 2 heterocycles. The summed E-state index contributed by atoms with van der Waals surface area (Å²) in [4.78, 5) is 2.48. The van der Waals surface area contributed by atoms with E-state index >= 15 is 0 Å². The van der Waals surface area contributed by atoms with E-state index in [1.54, 1.807) is 6.92 Å². The summed E-state index contributed by atoms with van der Waals surface area (Å²) in [6.45, 7) is 3.62. The van der Waals surface area contributed by atoms with Gasteiger partial charge >= 0.3 is 6.55 Å². The largest absolute Gasteiger partial charge is 0.333 e. The summed E-state index contributed by atoms with van der Waals surface area (Å²) < 4.78 is 26.3. The van der Waals surface area contributed by atoms with E-state index in [1.165, 1.54) is 24.6 Å². The van der Waals surface area contributed by atoms with Crippen molar-refractivity contribution in [2.75, 3.05) is 13.1 Å². The van der Waals surface area contributed by atoms with E-state index in [2.05, 4.69) is 29.1 Å². The van der Waals surface area contributed by atoms with Crippen LogP contribution in [0, 0.1) is 6.92 Å². The van der Waals surface area contributed by atoms with Gasteiger partial charge in [-0.3, -0.25) is 4.90 Å². The number of likely N-dealkylation sites (tertiary alicyclic amines) is 1. The maximum Gasteiger partial charge on any atom is 0.333 e. The Bertz CT molecular complexity index is 628. The molecule has 1 aromatic carbocycles. The summed E-state index contributed by atoms with van der Waals surface area (Å²) in [5.74, 6) is 0. The number of alkyl halides is 2. The predicted molar refractivity (Wildman–Crippen MR) is 82.9 cm³/mol. The lowest BCUT2D eigenvalue weighted by Gasteiger charge is -2.24. The molecular weight excluding hydrogens is 284 g/mol. The van der Waals surface area contributed by atoms with Crippen molar-refractivity contribution in [2.45, 2.75) is 39.3 Å². The van der Waals surface area contributed by atoms with Crippen LogP contribution in [0.5, 0.6) is 0 Å². The number of rotatable bonds is 4. The first-order valence-electron chi connectivity index (χ1n) is 7.74. The highest BCUT2D eigenvalue weighted by Crippen LogP contribution is 2.29. The number of halogens is 2. The monoisotopic (exact) mass is 305 g/mol. The second kappa shape index (κ2) is 6.16. The summed E-state index contributed by atoms with van der Waals surface area (Å²) in [5, 5.41) is 3.77. The summed E-state index contributed by atoms with van der Waals surface area (Å²) in [6.07, 6.45) is 4.06. The third-order valence-electron chi connectivity index (χ3n) is 4.62. The average Bonchev–Trinajstić information content (AvgIpc) is 3.16. The average molecular weight is 305 g/mol. The normalized spacial score (nSPS) is 17.3. The van der Waals surface area contributed by atoms with Crippen molar-refractivity contribution in [3.8, 4) is 11.1 Å². The van der Waals surface area contributed by atoms with Crippen LogP contribution >= 0.6 is 0 Å². The second-order valence-electron chi connectivity index (χ2n) is 5.91. The zero-order valence-corrected chi connectivity index (χ0v) is 13.0. The number of hydrogen-bond donors (Lipinski definition) is 0. The first-order valence-corrected chi connectivity index (χ1v) is 7.74. The van der Waals surface area contributed by atoms with Crippen LogP contribution in [0.25, 0.3) is 11.1 Å². The Morgan fingerprint density at radius 3 is 2.27 bits per heavy atom. The predicted octanol–water partition coefficient (Wildman–Crippen LogP) is 4.41. The van der Waals surface area contributed by atoms with Crippen molar-refractivity contribution in [3.63, 3.8) is 0 Å². The molecule has 0 radical (unpaired) electrons. The van der Waals surface area contributed by atoms with Crippen LogP contribution in [0.2, 0.25) is 0 Å². The highest BCUT2D eigenvalue weighted by Gasteiger charge is 2.20.